The molecule has 62 heavy (non-hydrogen) atoms. The van der Waals surface area contributed by atoms with E-state index in [0.717, 1.165) is 103 Å². The van der Waals surface area contributed by atoms with Gasteiger partial charge in [0.1, 0.15) is 54.9 Å². The predicted octanol–water partition coefficient (Wildman–Crippen LogP) is 9.35. The van der Waals surface area contributed by atoms with Crippen LogP contribution < -0.4 is 0 Å². The Balaban J connectivity index is 2.67. The highest BCUT2D eigenvalue weighted by atomic mass is 16.8. The maximum Gasteiger partial charge on any atom is 0.190 e. The van der Waals surface area contributed by atoms with Crippen molar-refractivity contribution in [1.29, 1.82) is 0 Å². The third kappa shape index (κ3) is 21.4. The quantitative estimate of drug-likeness (QED) is 0.0587. The van der Waals surface area contributed by atoms with Crippen LogP contribution in [-0.2, 0) is 56.8 Å². The van der Waals surface area contributed by atoms with Crippen molar-refractivity contribution in [2.75, 3.05) is 72.7 Å². The van der Waals surface area contributed by atoms with Crippen LogP contribution in [0.4, 0.5) is 0 Å². The summed E-state index contributed by atoms with van der Waals surface area (Å²) in [5.41, 5.74) is -0.825. The van der Waals surface area contributed by atoms with Crippen molar-refractivity contribution in [3.05, 3.63) is 0 Å². The zero-order valence-corrected chi connectivity index (χ0v) is 41.3. The molecule has 13 nitrogen and oxygen atoms in total. The average molecular weight is 893 g/mol. The Bertz CT molecular complexity index is 1020. The molecule has 0 bridgehead atoms. The minimum Gasteiger partial charge on any atom is -0.388 e. The number of aliphatic hydroxyl groups is 1. The van der Waals surface area contributed by atoms with Crippen molar-refractivity contribution >= 4 is 0 Å². The highest BCUT2D eigenvalue weighted by Gasteiger charge is 2.54. The fraction of sp³-hybridized carbons (Fsp3) is 1.00. The Hall–Kier alpha value is -0.520. The molecule has 0 saturated carbocycles. The lowest BCUT2D eigenvalue weighted by Crippen LogP contribution is -2.66. The Morgan fingerprint density at radius 1 is 0.419 bits per heavy atom. The third-order valence-corrected chi connectivity index (χ3v) is 11.6. The van der Waals surface area contributed by atoms with Gasteiger partial charge in [-0.15, -0.1) is 0 Å². The largest absolute Gasteiger partial charge is 0.388 e. The first-order valence-corrected chi connectivity index (χ1v) is 25.3. The van der Waals surface area contributed by atoms with Crippen LogP contribution in [-0.4, -0.2) is 151 Å². The van der Waals surface area contributed by atoms with E-state index in [1.807, 2.05) is 13.8 Å². The van der Waals surface area contributed by atoms with Gasteiger partial charge in [0, 0.05) is 52.9 Å². The number of ether oxygens (including phenoxy) is 12. The molecule has 4 unspecified atom stereocenters. The van der Waals surface area contributed by atoms with Crippen molar-refractivity contribution in [2.45, 2.75) is 245 Å². The van der Waals surface area contributed by atoms with Crippen LogP contribution in [0.2, 0.25) is 0 Å². The molecule has 1 N–H and O–H groups in total. The highest BCUT2D eigenvalue weighted by molar-refractivity contribution is 4.97. The van der Waals surface area contributed by atoms with Crippen LogP contribution in [0.15, 0.2) is 0 Å². The number of rotatable bonds is 40. The van der Waals surface area contributed by atoms with Gasteiger partial charge in [-0.05, 0) is 65.2 Å². The first kappa shape index (κ1) is 57.6. The first-order chi connectivity index (χ1) is 30.2. The SMILES string of the molecule is CCCCOCC1O[C@H](O[C@H]2O[C@H](COCCCC)[C@@H](OCCCC)C(OCCCC)C2OCCCC)[C@@H](OCCCC)C(OCCCC)[C@@H]1OC[C@H](O)C(C)(C)OCCCC. The Labute approximate surface area is 378 Å². The zero-order valence-electron chi connectivity index (χ0n) is 41.3. The third-order valence-electron chi connectivity index (χ3n) is 11.6. The summed E-state index contributed by atoms with van der Waals surface area (Å²) in [5, 5.41) is 11.5. The van der Waals surface area contributed by atoms with Gasteiger partial charge in [0.25, 0.3) is 0 Å². The van der Waals surface area contributed by atoms with Gasteiger partial charge in [-0.25, -0.2) is 0 Å². The molecule has 2 aliphatic heterocycles. The van der Waals surface area contributed by atoms with E-state index < -0.39 is 73.1 Å². The van der Waals surface area contributed by atoms with Gasteiger partial charge in [0.15, 0.2) is 12.6 Å². The Morgan fingerprint density at radius 2 is 0.742 bits per heavy atom. The molecule has 0 aromatic heterocycles. The first-order valence-electron chi connectivity index (χ1n) is 25.3. The van der Waals surface area contributed by atoms with Gasteiger partial charge in [-0.1, -0.05) is 107 Å². The van der Waals surface area contributed by atoms with Crippen molar-refractivity contribution in [3.8, 4) is 0 Å². The minimum atomic E-state index is -0.949. The van der Waals surface area contributed by atoms with Gasteiger partial charge in [0.05, 0.1) is 25.4 Å². The van der Waals surface area contributed by atoms with Gasteiger partial charge >= 0.3 is 0 Å². The van der Waals surface area contributed by atoms with Gasteiger partial charge < -0.3 is 61.9 Å². The second-order valence-electron chi connectivity index (χ2n) is 17.6. The molecule has 11 atom stereocenters. The highest BCUT2D eigenvalue weighted by Crippen LogP contribution is 2.36. The summed E-state index contributed by atoms with van der Waals surface area (Å²) in [4.78, 5) is 0. The van der Waals surface area contributed by atoms with E-state index in [2.05, 4.69) is 55.4 Å². The van der Waals surface area contributed by atoms with Crippen molar-refractivity contribution in [1.82, 2.24) is 0 Å². The molecule has 0 aromatic carbocycles. The Kier molecular flexibility index (Phi) is 33.1. The summed E-state index contributed by atoms with van der Waals surface area (Å²) in [5.74, 6) is 0. The van der Waals surface area contributed by atoms with E-state index >= 15 is 0 Å². The molecule has 0 radical (unpaired) electrons. The molecule has 2 heterocycles. The fourth-order valence-electron chi connectivity index (χ4n) is 7.20. The zero-order chi connectivity index (χ0) is 45.4. The number of unbranched alkanes of at least 4 members (excludes halogenated alkanes) is 8. The minimum absolute atomic E-state index is 0.00837. The Morgan fingerprint density at radius 3 is 1.13 bits per heavy atom. The van der Waals surface area contributed by atoms with Gasteiger partial charge in [0.2, 0.25) is 0 Å². The van der Waals surface area contributed by atoms with Crippen LogP contribution in [0.5, 0.6) is 0 Å². The average Bonchev–Trinajstić information content (AvgIpc) is 3.26. The van der Waals surface area contributed by atoms with Crippen LogP contribution in [0.3, 0.4) is 0 Å². The van der Waals surface area contributed by atoms with Crippen LogP contribution >= 0.6 is 0 Å². The molecule has 13 heteroatoms. The normalized spacial score (nSPS) is 27.5. The van der Waals surface area contributed by atoms with E-state index in [4.69, 9.17) is 56.8 Å². The number of aliphatic hydroxyl groups excluding tert-OH is 1. The molecule has 2 aliphatic rings. The van der Waals surface area contributed by atoms with Crippen molar-refractivity contribution in [2.24, 2.45) is 0 Å². The molecule has 0 aliphatic carbocycles. The molecule has 0 amide bonds. The van der Waals surface area contributed by atoms with E-state index in [1.165, 1.54) is 0 Å². The summed E-state index contributed by atoms with van der Waals surface area (Å²) < 4.78 is 80.2. The van der Waals surface area contributed by atoms with Gasteiger partial charge in [-0.3, -0.25) is 0 Å². The van der Waals surface area contributed by atoms with Crippen molar-refractivity contribution < 1.29 is 61.9 Å². The van der Waals surface area contributed by atoms with Crippen LogP contribution in [0, 0.1) is 0 Å². The summed E-state index contributed by atoms with van der Waals surface area (Å²) in [6.07, 6.45) is 7.66. The van der Waals surface area contributed by atoms with E-state index in [1.54, 1.807) is 0 Å². The maximum atomic E-state index is 11.5. The fourth-order valence-corrected chi connectivity index (χ4v) is 7.20. The van der Waals surface area contributed by atoms with E-state index in [0.29, 0.717) is 59.5 Å². The molecule has 0 aromatic rings. The molecular weight excluding hydrogens is 797 g/mol. The lowest BCUT2D eigenvalue weighted by Gasteiger charge is -2.50. The lowest BCUT2D eigenvalue weighted by atomic mass is 9.96. The molecule has 0 spiro atoms. The standard InChI is InChI=1S/C49H96O13/c1-11-19-27-51-35-38-41(53-29-21-13-3)43(54-30-22-14-4)45(56-32-24-16-6)47(60-38)62-48-46(57-33-25-17-7)44(55-31-23-15-5)42(39(61-48)36-52-28-20-12-2)58-37-40(50)49(9,10)59-34-26-18-8/h38-48,50H,11-37H2,1-10H3/t38-,39?,40+,41-,42-,43?,44?,45?,46+,47-,48-/m1/s1. The summed E-state index contributed by atoms with van der Waals surface area (Å²) in [7, 11) is 0. The van der Waals surface area contributed by atoms with Crippen LogP contribution in [0.1, 0.15) is 172 Å². The smallest absolute Gasteiger partial charge is 0.190 e. The van der Waals surface area contributed by atoms with Crippen molar-refractivity contribution in [3.63, 3.8) is 0 Å². The number of hydrogen-bond donors (Lipinski definition) is 1. The molecule has 2 saturated heterocycles. The monoisotopic (exact) mass is 893 g/mol. The topological polar surface area (TPSA) is 131 Å². The molecule has 370 valence electrons. The number of hydrogen-bond acceptors (Lipinski definition) is 13. The second-order valence-corrected chi connectivity index (χ2v) is 17.6. The maximum absolute atomic E-state index is 11.5. The van der Waals surface area contributed by atoms with Gasteiger partial charge in [-0.2, -0.15) is 0 Å². The lowest BCUT2D eigenvalue weighted by molar-refractivity contribution is -0.392. The van der Waals surface area contributed by atoms with E-state index in [9.17, 15) is 5.11 Å². The summed E-state index contributed by atoms with van der Waals surface area (Å²) in [6.45, 7) is 25.9. The predicted molar refractivity (Wildman–Crippen MR) is 244 cm³/mol. The molecular formula is C49H96O13. The van der Waals surface area contributed by atoms with E-state index in [-0.39, 0.29) is 13.2 Å². The second kappa shape index (κ2) is 35.6. The van der Waals surface area contributed by atoms with Crippen LogP contribution in [0.25, 0.3) is 0 Å². The molecule has 2 rings (SSSR count). The summed E-state index contributed by atoms with van der Waals surface area (Å²) >= 11 is 0. The molecule has 2 fully saturated rings. The summed E-state index contributed by atoms with van der Waals surface area (Å²) in [6, 6.07) is 0.